The maximum atomic E-state index is 13.8. The molecule has 0 fully saturated rings. The summed E-state index contributed by atoms with van der Waals surface area (Å²) >= 11 is 1.58. The topological polar surface area (TPSA) is 34.1 Å². The van der Waals surface area contributed by atoms with Crippen molar-refractivity contribution < 1.29 is 9.13 Å². The van der Waals surface area contributed by atoms with Gasteiger partial charge in [-0.05, 0) is 31.0 Å². The van der Waals surface area contributed by atoms with E-state index in [1.54, 1.807) is 37.5 Å². The number of halogens is 1. The van der Waals surface area contributed by atoms with Crippen LogP contribution in [0.1, 0.15) is 27.9 Å². The third-order valence-electron chi connectivity index (χ3n) is 3.07. The smallest absolute Gasteiger partial charge is 0.126 e. The zero-order valence-electron chi connectivity index (χ0n) is 11.9. The van der Waals surface area contributed by atoms with Crippen molar-refractivity contribution >= 4 is 11.3 Å². The average Bonchev–Trinajstić information content (AvgIpc) is 2.85. The molecule has 0 aliphatic carbocycles. The first-order valence-corrected chi connectivity index (χ1v) is 7.40. The van der Waals surface area contributed by atoms with Crippen LogP contribution in [0.25, 0.3) is 0 Å². The summed E-state index contributed by atoms with van der Waals surface area (Å²) in [7, 11) is 1.66. The zero-order valence-corrected chi connectivity index (χ0v) is 12.8. The Morgan fingerprint density at radius 3 is 2.80 bits per heavy atom. The van der Waals surface area contributed by atoms with Crippen LogP contribution >= 0.6 is 11.3 Å². The van der Waals surface area contributed by atoms with Crippen molar-refractivity contribution in [2.75, 3.05) is 20.3 Å². The second-order valence-corrected chi connectivity index (χ2v) is 5.61. The molecule has 5 heteroatoms. The first-order chi connectivity index (χ1) is 9.61. The molecule has 1 N–H and O–H groups in total. The van der Waals surface area contributed by atoms with Gasteiger partial charge >= 0.3 is 0 Å². The van der Waals surface area contributed by atoms with Gasteiger partial charge in [0.15, 0.2) is 0 Å². The van der Waals surface area contributed by atoms with E-state index in [-0.39, 0.29) is 11.9 Å². The van der Waals surface area contributed by atoms with E-state index in [0.717, 1.165) is 16.3 Å². The van der Waals surface area contributed by atoms with E-state index in [0.29, 0.717) is 18.7 Å². The quantitative estimate of drug-likeness (QED) is 0.831. The number of thiazole rings is 1. The lowest BCUT2D eigenvalue weighted by atomic mass is 10.0. The molecule has 2 aromatic rings. The lowest BCUT2D eigenvalue weighted by Gasteiger charge is -2.17. The molecule has 1 atom stereocenters. The van der Waals surface area contributed by atoms with Gasteiger partial charge in [0.1, 0.15) is 10.8 Å². The van der Waals surface area contributed by atoms with Gasteiger partial charge in [0, 0.05) is 24.7 Å². The van der Waals surface area contributed by atoms with Gasteiger partial charge in [-0.2, -0.15) is 0 Å². The lowest BCUT2D eigenvalue weighted by molar-refractivity contribution is 0.197. The predicted octanol–water partition coefficient (Wildman–Crippen LogP) is 3.22. The van der Waals surface area contributed by atoms with Gasteiger partial charge in [0.2, 0.25) is 0 Å². The Balaban J connectivity index is 2.27. The van der Waals surface area contributed by atoms with Crippen molar-refractivity contribution in [3.8, 4) is 0 Å². The maximum Gasteiger partial charge on any atom is 0.126 e. The number of hydrogen-bond donors (Lipinski definition) is 1. The number of aromatic nitrogens is 1. The van der Waals surface area contributed by atoms with Crippen LogP contribution in [0.3, 0.4) is 0 Å². The van der Waals surface area contributed by atoms with E-state index < -0.39 is 0 Å². The summed E-state index contributed by atoms with van der Waals surface area (Å²) in [5, 5.41) is 6.32. The van der Waals surface area contributed by atoms with E-state index >= 15 is 0 Å². The molecule has 1 aromatic heterocycles. The molecule has 0 aliphatic heterocycles. The number of benzene rings is 1. The minimum atomic E-state index is -0.186. The first-order valence-electron chi connectivity index (χ1n) is 6.52. The molecular weight excluding hydrogens is 275 g/mol. The van der Waals surface area contributed by atoms with Gasteiger partial charge in [0.05, 0.1) is 12.6 Å². The van der Waals surface area contributed by atoms with E-state index in [1.165, 1.54) is 0 Å². The summed E-state index contributed by atoms with van der Waals surface area (Å²) < 4.78 is 18.8. The fourth-order valence-corrected chi connectivity index (χ4v) is 2.84. The highest BCUT2D eigenvalue weighted by atomic mass is 32.1. The number of aryl methyl sites for hydroxylation is 2. The molecular formula is C15H19FN2OS. The minimum Gasteiger partial charge on any atom is -0.383 e. The number of nitrogens with zero attached hydrogens (tertiary/aromatic N) is 1. The van der Waals surface area contributed by atoms with Crippen LogP contribution in [0.15, 0.2) is 23.6 Å². The van der Waals surface area contributed by atoms with Gasteiger partial charge in [-0.1, -0.05) is 12.1 Å². The Bertz CT molecular complexity index is 571. The van der Waals surface area contributed by atoms with E-state index in [9.17, 15) is 4.39 Å². The molecule has 20 heavy (non-hydrogen) atoms. The van der Waals surface area contributed by atoms with Gasteiger partial charge in [-0.25, -0.2) is 9.37 Å². The maximum absolute atomic E-state index is 13.8. The standard InChI is InChI=1S/C15H19FN2OS/c1-10-4-5-12(8-13(10)16)14(17-6-7-19-3)15-18-11(2)9-20-15/h4-5,8-9,14,17H,6-7H2,1-3H3. The predicted molar refractivity (Wildman–Crippen MR) is 79.7 cm³/mol. The normalized spacial score (nSPS) is 12.6. The number of hydrogen-bond acceptors (Lipinski definition) is 4. The first kappa shape index (κ1) is 15.1. The SMILES string of the molecule is COCCNC(c1ccc(C)c(F)c1)c1nc(C)cs1. The van der Waals surface area contributed by atoms with Crippen molar-refractivity contribution in [1.82, 2.24) is 10.3 Å². The van der Waals surface area contributed by atoms with E-state index in [2.05, 4.69) is 10.3 Å². The van der Waals surface area contributed by atoms with Crippen LogP contribution < -0.4 is 5.32 Å². The van der Waals surface area contributed by atoms with Gasteiger partial charge in [0.25, 0.3) is 0 Å². The van der Waals surface area contributed by atoms with Crippen LogP contribution in [0.4, 0.5) is 4.39 Å². The molecule has 0 radical (unpaired) electrons. The lowest BCUT2D eigenvalue weighted by Crippen LogP contribution is -2.26. The molecule has 0 saturated carbocycles. The molecule has 1 unspecified atom stereocenters. The Morgan fingerprint density at radius 2 is 2.20 bits per heavy atom. The highest BCUT2D eigenvalue weighted by molar-refractivity contribution is 7.09. The fourth-order valence-electron chi connectivity index (χ4n) is 1.95. The molecule has 0 saturated heterocycles. The largest absolute Gasteiger partial charge is 0.383 e. The summed E-state index contributed by atoms with van der Waals surface area (Å²) in [6, 6.07) is 5.23. The second-order valence-electron chi connectivity index (χ2n) is 4.72. The molecule has 0 aliphatic rings. The van der Waals surface area contributed by atoms with Gasteiger partial charge < -0.3 is 10.1 Å². The van der Waals surface area contributed by atoms with Gasteiger partial charge in [-0.3, -0.25) is 0 Å². The zero-order chi connectivity index (χ0) is 14.5. The van der Waals surface area contributed by atoms with Crippen LogP contribution in [-0.2, 0) is 4.74 Å². The highest BCUT2D eigenvalue weighted by Gasteiger charge is 2.17. The molecule has 1 heterocycles. The molecule has 0 spiro atoms. The Kier molecular flexibility index (Phi) is 5.23. The van der Waals surface area contributed by atoms with Crippen molar-refractivity contribution in [3.63, 3.8) is 0 Å². The minimum absolute atomic E-state index is 0.0982. The van der Waals surface area contributed by atoms with E-state index in [4.69, 9.17) is 4.74 Å². The van der Waals surface area contributed by atoms with Crippen LogP contribution in [0.5, 0.6) is 0 Å². The van der Waals surface area contributed by atoms with Crippen molar-refractivity contribution in [3.05, 3.63) is 51.2 Å². The summed E-state index contributed by atoms with van der Waals surface area (Å²) in [5.74, 6) is -0.186. The van der Waals surface area contributed by atoms with Gasteiger partial charge in [-0.15, -0.1) is 11.3 Å². The summed E-state index contributed by atoms with van der Waals surface area (Å²) in [4.78, 5) is 4.51. The van der Waals surface area contributed by atoms with E-state index in [1.807, 2.05) is 18.4 Å². The molecule has 1 aromatic carbocycles. The fraction of sp³-hybridized carbons (Fsp3) is 0.400. The Hall–Kier alpha value is -1.30. The number of ether oxygens (including phenoxy) is 1. The average molecular weight is 294 g/mol. The second kappa shape index (κ2) is 6.92. The van der Waals surface area contributed by atoms with Crippen LogP contribution in [0, 0.1) is 19.7 Å². The summed E-state index contributed by atoms with van der Waals surface area (Å²) in [6.45, 7) is 5.02. The van der Waals surface area contributed by atoms with Crippen molar-refractivity contribution in [1.29, 1.82) is 0 Å². The number of rotatable bonds is 6. The third kappa shape index (κ3) is 3.62. The highest BCUT2D eigenvalue weighted by Crippen LogP contribution is 2.26. The Labute approximate surface area is 122 Å². The molecule has 108 valence electrons. The molecule has 0 amide bonds. The van der Waals surface area contributed by atoms with Crippen LogP contribution in [0.2, 0.25) is 0 Å². The number of nitrogens with one attached hydrogen (secondary N) is 1. The van der Waals surface area contributed by atoms with Crippen LogP contribution in [-0.4, -0.2) is 25.2 Å². The summed E-state index contributed by atoms with van der Waals surface area (Å²) in [6.07, 6.45) is 0. The summed E-state index contributed by atoms with van der Waals surface area (Å²) in [5.41, 5.74) is 2.52. The Morgan fingerprint density at radius 1 is 1.40 bits per heavy atom. The van der Waals surface area contributed by atoms with Crippen molar-refractivity contribution in [2.45, 2.75) is 19.9 Å². The molecule has 3 nitrogen and oxygen atoms in total. The monoisotopic (exact) mass is 294 g/mol. The third-order valence-corrected chi connectivity index (χ3v) is 4.10. The molecule has 0 bridgehead atoms. The van der Waals surface area contributed by atoms with Crippen molar-refractivity contribution in [2.24, 2.45) is 0 Å². The number of methoxy groups -OCH3 is 1. The molecule has 2 rings (SSSR count).